The number of rotatable bonds is 5. The van der Waals surface area contributed by atoms with Gasteiger partial charge in [-0.15, -0.1) is 12.8 Å². The average Bonchev–Trinajstić information content (AvgIpc) is 3.56. The van der Waals surface area contributed by atoms with Crippen LogP contribution in [0.25, 0.3) is 0 Å². The van der Waals surface area contributed by atoms with Gasteiger partial charge in [-0.2, -0.15) is 0 Å². The molecule has 0 saturated heterocycles. The molecule has 0 bridgehead atoms. The van der Waals surface area contributed by atoms with Gasteiger partial charge in [0.05, 0.1) is 6.42 Å². The lowest BCUT2D eigenvalue weighted by Gasteiger charge is -2.52. The van der Waals surface area contributed by atoms with Crippen molar-refractivity contribution in [2.24, 2.45) is 40.2 Å². The maximum absolute atomic E-state index is 13.0. The Balaban J connectivity index is 0.869. The summed E-state index contributed by atoms with van der Waals surface area (Å²) in [4.78, 5) is 25.9. The number of nitrogens with two attached hydrogens (primary N) is 1. The highest BCUT2D eigenvalue weighted by Gasteiger charge is 2.62. The standard InChI is InChI=1S/C44H51NO6/c1-5-43(48)21-17-36-34-11-7-26-23-28(9-13-30(26)32(34)15-19-41(36,43)3)50-39(46)25-38(45)40(47)51-29-10-14-31-27(24-29)8-12-35-33(31)16-20-42(4)37(35)18-22-44(42,49)6-2/h1-2,9-10,13-14,23-24,32-38,48-49H,7-8,11-12,15-22,25,45H2,3-4H3. The Bertz CT molecular complexity index is 1860. The van der Waals surface area contributed by atoms with Crippen molar-refractivity contribution in [3.63, 3.8) is 0 Å². The van der Waals surface area contributed by atoms with Crippen molar-refractivity contribution in [3.8, 4) is 36.2 Å². The molecule has 0 heterocycles. The Morgan fingerprint density at radius 3 is 1.71 bits per heavy atom. The van der Waals surface area contributed by atoms with Gasteiger partial charge in [0.2, 0.25) is 0 Å². The Morgan fingerprint density at radius 1 is 0.765 bits per heavy atom. The summed E-state index contributed by atoms with van der Waals surface area (Å²) in [6, 6.07) is 10.6. The van der Waals surface area contributed by atoms with Crippen molar-refractivity contribution in [2.45, 2.75) is 126 Å². The van der Waals surface area contributed by atoms with E-state index in [1.165, 1.54) is 22.3 Å². The van der Waals surface area contributed by atoms with E-state index in [2.05, 4.69) is 37.8 Å². The van der Waals surface area contributed by atoms with Crippen LogP contribution in [0.2, 0.25) is 0 Å². The topological polar surface area (TPSA) is 119 Å². The number of carbonyl (C=O) groups is 2. The maximum atomic E-state index is 13.0. The third kappa shape index (κ3) is 5.21. The van der Waals surface area contributed by atoms with Gasteiger partial charge >= 0.3 is 11.9 Å². The third-order valence-electron chi connectivity index (χ3n) is 15.3. The van der Waals surface area contributed by atoms with Gasteiger partial charge in [0.25, 0.3) is 0 Å². The zero-order chi connectivity index (χ0) is 35.9. The molecule has 4 saturated carbocycles. The van der Waals surface area contributed by atoms with Gasteiger partial charge in [0.1, 0.15) is 28.7 Å². The summed E-state index contributed by atoms with van der Waals surface area (Å²) in [7, 11) is 0. The molecule has 7 nitrogen and oxygen atoms in total. The van der Waals surface area contributed by atoms with Crippen LogP contribution in [0.1, 0.15) is 119 Å². The van der Waals surface area contributed by atoms with Crippen LogP contribution in [0.4, 0.5) is 0 Å². The lowest BCUT2D eigenvalue weighted by molar-refractivity contribution is -0.142. The molecule has 2 aromatic carbocycles. The zero-order valence-corrected chi connectivity index (χ0v) is 30.0. The Hall–Kier alpha value is -3.62. The minimum absolute atomic E-state index is 0.244. The number of hydrogen-bond acceptors (Lipinski definition) is 7. The zero-order valence-electron chi connectivity index (χ0n) is 30.0. The van der Waals surface area contributed by atoms with Crippen molar-refractivity contribution in [2.75, 3.05) is 0 Å². The van der Waals surface area contributed by atoms with E-state index in [-0.39, 0.29) is 17.3 Å². The molecule has 4 fully saturated rings. The fraction of sp³-hybridized carbons (Fsp3) is 0.591. The van der Waals surface area contributed by atoms with Crippen LogP contribution in [0.15, 0.2) is 36.4 Å². The molecule has 0 spiro atoms. The highest BCUT2D eigenvalue weighted by atomic mass is 16.5. The van der Waals surface area contributed by atoms with Crippen molar-refractivity contribution in [3.05, 3.63) is 58.7 Å². The number of aryl methyl sites for hydroxylation is 2. The number of hydrogen-bond donors (Lipinski definition) is 3. The quantitative estimate of drug-likeness (QED) is 0.190. The second-order valence-corrected chi connectivity index (χ2v) is 17.3. The van der Waals surface area contributed by atoms with E-state index in [9.17, 15) is 19.8 Å². The Labute approximate surface area is 302 Å². The molecule has 6 aliphatic carbocycles. The summed E-state index contributed by atoms with van der Waals surface area (Å²) in [5.74, 6) is 7.69. The number of carbonyl (C=O) groups excluding carboxylic acids is 2. The number of fused-ring (bicyclic) bond motifs is 10. The minimum atomic E-state index is -1.16. The molecular weight excluding hydrogens is 638 g/mol. The molecule has 6 aliphatic rings. The van der Waals surface area contributed by atoms with Gasteiger partial charge in [-0.3, -0.25) is 4.79 Å². The number of ether oxygens (including phenoxy) is 2. The van der Waals surface area contributed by atoms with E-state index in [1.54, 1.807) is 0 Å². The van der Waals surface area contributed by atoms with Crippen LogP contribution in [-0.4, -0.2) is 39.4 Å². The van der Waals surface area contributed by atoms with E-state index in [4.69, 9.17) is 28.1 Å². The Morgan fingerprint density at radius 2 is 1.24 bits per heavy atom. The van der Waals surface area contributed by atoms with Gasteiger partial charge < -0.3 is 25.4 Å². The first-order valence-electron chi connectivity index (χ1n) is 19.2. The summed E-state index contributed by atoms with van der Waals surface area (Å²) in [6.45, 7) is 4.37. The maximum Gasteiger partial charge on any atom is 0.328 e. The lowest BCUT2D eigenvalue weighted by Crippen LogP contribution is -2.50. The molecular formula is C44H51NO6. The van der Waals surface area contributed by atoms with E-state index in [0.717, 1.165) is 64.2 Å². The van der Waals surface area contributed by atoms with E-state index < -0.39 is 29.2 Å². The predicted molar refractivity (Wildman–Crippen MR) is 194 cm³/mol. The summed E-state index contributed by atoms with van der Waals surface area (Å²) in [6.07, 6.45) is 22.1. The monoisotopic (exact) mass is 689 g/mol. The largest absolute Gasteiger partial charge is 0.426 e. The summed E-state index contributed by atoms with van der Waals surface area (Å²) < 4.78 is 11.4. The number of esters is 2. The fourth-order valence-corrected chi connectivity index (χ4v) is 12.4. The highest BCUT2D eigenvalue weighted by molar-refractivity contribution is 5.84. The second kappa shape index (κ2) is 12.2. The van der Waals surface area contributed by atoms with Crippen molar-refractivity contribution >= 4 is 11.9 Å². The number of terminal acetylenes is 2. The van der Waals surface area contributed by atoms with Gasteiger partial charge in [-0.05, 0) is 159 Å². The van der Waals surface area contributed by atoms with Crippen molar-refractivity contribution in [1.29, 1.82) is 0 Å². The predicted octanol–water partition coefficient (Wildman–Crippen LogP) is 6.36. The number of benzene rings is 2. The van der Waals surface area contributed by atoms with E-state index in [1.807, 2.05) is 24.3 Å². The summed E-state index contributed by atoms with van der Waals surface area (Å²) in [5.41, 5.74) is 8.61. The third-order valence-corrected chi connectivity index (χ3v) is 15.3. The van der Waals surface area contributed by atoms with Crippen LogP contribution in [0.5, 0.6) is 11.5 Å². The molecule has 0 aliphatic heterocycles. The van der Waals surface area contributed by atoms with Gasteiger partial charge in [0, 0.05) is 10.8 Å². The lowest BCUT2D eigenvalue weighted by atomic mass is 9.53. The van der Waals surface area contributed by atoms with Crippen LogP contribution in [0, 0.1) is 59.2 Å². The molecule has 7 heteroatoms. The minimum Gasteiger partial charge on any atom is -0.426 e. The summed E-state index contributed by atoms with van der Waals surface area (Å²) in [5, 5.41) is 22.4. The van der Waals surface area contributed by atoms with Gasteiger partial charge in [-0.1, -0.05) is 37.8 Å². The first kappa shape index (κ1) is 34.5. The first-order chi connectivity index (χ1) is 24.3. The molecule has 0 radical (unpaired) electrons. The Kier molecular flexibility index (Phi) is 8.26. The van der Waals surface area contributed by atoms with Gasteiger partial charge in [-0.25, -0.2) is 4.79 Å². The molecule has 11 atom stereocenters. The molecule has 51 heavy (non-hydrogen) atoms. The van der Waals surface area contributed by atoms with Gasteiger partial charge in [0.15, 0.2) is 0 Å². The van der Waals surface area contributed by atoms with E-state index >= 15 is 0 Å². The SMILES string of the molecule is C#CC1(O)CCC2C3CCc4cc(OC(=O)CC(N)C(=O)Oc5ccc6c(c5)CCC5C6CCC6(C)C5CCC6(O)C#C)ccc4C3CCC21C. The van der Waals surface area contributed by atoms with Crippen LogP contribution in [-0.2, 0) is 22.4 Å². The van der Waals surface area contributed by atoms with Crippen molar-refractivity contribution in [1.82, 2.24) is 0 Å². The van der Waals surface area contributed by atoms with Crippen LogP contribution >= 0.6 is 0 Å². The van der Waals surface area contributed by atoms with Crippen molar-refractivity contribution < 1.29 is 29.3 Å². The summed E-state index contributed by atoms with van der Waals surface area (Å²) >= 11 is 0. The molecule has 0 aromatic heterocycles. The fourth-order valence-electron chi connectivity index (χ4n) is 12.4. The second-order valence-electron chi connectivity index (χ2n) is 17.3. The molecule has 8 rings (SSSR count). The molecule has 2 aromatic rings. The molecule has 268 valence electrons. The molecule has 11 unspecified atom stereocenters. The highest BCUT2D eigenvalue weighted by Crippen LogP contribution is 2.65. The van der Waals surface area contributed by atoms with E-state index in [0.29, 0.717) is 59.8 Å². The average molecular weight is 690 g/mol. The molecule has 4 N–H and O–H groups in total. The number of aliphatic hydroxyl groups is 2. The van der Waals surface area contributed by atoms with Crippen LogP contribution in [0.3, 0.4) is 0 Å². The smallest absolute Gasteiger partial charge is 0.328 e. The normalized spacial score (nSPS) is 39.4. The first-order valence-corrected chi connectivity index (χ1v) is 19.2. The molecule has 0 amide bonds. The van der Waals surface area contributed by atoms with Crippen LogP contribution < -0.4 is 15.2 Å².